The summed E-state index contributed by atoms with van der Waals surface area (Å²) in [5.74, 6) is -0.358. The number of alkyl halides is 3. The van der Waals surface area contributed by atoms with Gasteiger partial charge in [-0.1, -0.05) is 0 Å². The van der Waals surface area contributed by atoms with E-state index in [0.717, 1.165) is 12.1 Å². The van der Waals surface area contributed by atoms with Crippen molar-refractivity contribution in [3.8, 4) is 5.88 Å². The summed E-state index contributed by atoms with van der Waals surface area (Å²) >= 11 is 0. The van der Waals surface area contributed by atoms with Crippen LogP contribution in [0, 0.1) is 0 Å². The molecule has 7 nitrogen and oxygen atoms in total. The Morgan fingerprint density at radius 3 is 2.59 bits per heavy atom. The SMILES string of the molecule is CC(C)(COc1ccc(C(F)(F)F)cn1)NC(=O)c1ccnc2ccnn12. The van der Waals surface area contributed by atoms with Gasteiger partial charge in [0.25, 0.3) is 5.91 Å². The lowest BCUT2D eigenvalue weighted by molar-refractivity contribution is -0.137. The molecule has 0 radical (unpaired) electrons. The zero-order chi connectivity index (χ0) is 19.7. The van der Waals surface area contributed by atoms with Crippen LogP contribution in [0.15, 0.2) is 42.9 Å². The number of hydrogen-bond acceptors (Lipinski definition) is 5. The van der Waals surface area contributed by atoms with E-state index < -0.39 is 17.3 Å². The van der Waals surface area contributed by atoms with Crippen LogP contribution < -0.4 is 10.1 Å². The number of ether oxygens (including phenoxy) is 1. The van der Waals surface area contributed by atoms with Gasteiger partial charge in [0.1, 0.15) is 12.3 Å². The Morgan fingerprint density at radius 2 is 1.93 bits per heavy atom. The van der Waals surface area contributed by atoms with Gasteiger partial charge < -0.3 is 10.1 Å². The summed E-state index contributed by atoms with van der Waals surface area (Å²) in [6.07, 6.45) is -0.724. The second-order valence-electron chi connectivity index (χ2n) is 6.44. The highest BCUT2D eigenvalue weighted by molar-refractivity contribution is 5.93. The molecule has 1 N–H and O–H groups in total. The summed E-state index contributed by atoms with van der Waals surface area (Å²) in [5, 5.41) is 6.85. The van der Waals surface area contributed by atoms with Crippen molar-refractivity contribution in [1.82, 2.24) is 24.9 Å². The third-order valence-electron chi connectivity index (χ3n) is 3.62. The average Bonchev–Trinajstić information content (AvgIpc) is 3.08. The van der Waals surface area contributed by atoms with Gasteiger partial charge in [-0.3, -0.25) is 4.79 Å². The molecule has 3 rings (SSSR count). The van der Waals surface area contributed by atoms with E-state index >= 15 is 0 Å². The Hall–Kier alpha value is -3.17. The number of amides is 1. The molecule has 3 aromatic rings. The molecule has 3 heterocycles. The summed E-state index contributed by atoms with van der Waals surface area (Å²) in [6.45, 7) is 3.44. The van der Waals surface area contributed by atoms with Crippen LogP contribution in [0.2, 0.25) is 0 Å². The molecule has 27 heavy (non-hydrogen) atoms. The molecule has 0 bridgehead atoms. The van der Waals surface area contributed by atoms with Crippen molar-refractivity contribution in [1.29, 1.82) is 0 Å². The molecule has 0 saturated heterocycles. The van der Waals surface area contributed by atoms with Gasteiger partial charge in [-0.15, -0.1) is 0 Å². The monoisotopic (exact) mass is 379 g/mol. The first-order chi connectivity index (χ1) is 12.7. The second kappa shape index (κ2) is 6.86. The number of carbonyl (C=O) groups excluding carboxylic acids is 1. The molecule has 0 aliphatic rings. The lowest BCUT2D eigenvalue weighted by Crippen LogP contribution is -2.48. The van der Waals surface area contributed by atoms with Gasteiger partial charge >= 0.3 is 6.18 Å². The summed E-state index contributed by atoms with van der Waals surface area (Å²) in [6, 6.07) is 5.22. The maximum Gasteiger partial charge on any atom is 0.417 e. The Balaban J connectivity index is 1.64. The Bertz CT molecular complexity index is 951. The molecule has 1 amide bonds. The van der Waals surface area contributed by atoms with E-state index in [0.29, 0.717) is 17.5 Å². The highest BCUT2D eigenvalue weighted by Gasteiger charge is 2.31. The van der Waals surface area contributed by atoms with Gasteiger partial charge in [-0.05, 0) is 26.0 Å². The van der Waals surface area contributed by atoms with Crippen molar-refractivity contribution in [2.45, 2.75) is 25.6 Å². The van der Waals surface area contributed by atoms with Gasteiger partial charge in [-0.25, -0.2) is 14.5 Å². The van der Waals surface area contributed by atoms with E-state index in [-0.39, 0.29) is 18.4 Å². The second-order valence-corrected chi connectivity index (χ2v) is 6.44. The van der Waals surface area contributed by atoms with Gasteiger partial charge in [-0.2, -0.15) is 18.3 Å². The fraction of sp³-hybridized carbons (Fsp3) is 0.294. The lowest BCUT2D eigenvalue weighted by Gasteiger charge is -2.26. The number of halogens is 3. The molecule has 0 aliphatic heterocycles. The largest absolute Gasteiger partial charge is 0.475 e. The maximum absolute atomic E-state index is 12.5. The highest BCUT2D eigenvalue weighted by Crippen LogP contribution is 2.29. The number of nitrogens with zero attached hydrogens (tertiary/aromatic N) is 4. The summed E-state index contributed by atoms with van der Waals surface area (Å²) in [5.41, 5.74) is -0.843. The molecule has 0 aromatic carbocycles. The third-order valence-corrected chi connectivity index (χ3v) is 3.62. The number of rotatable bonds is 5. The zero-order valence-electron chi connectivity index (χ0n) is 14.5. The molecule has 0 atom stereocenters. The minimum atomic E-state index is -4.46. The molecule has 142 valence electrons. The van der Waals surface area contributed by atoms with E-state index in [9.17, 15) is 18.0 Å². The topological polar surface area (TPSA) is 81.4 Å². The first kappa shape index (κ1) is 18.6. The quantitative estimate of drug-likeness (QED) is 0.737. The van der Waals surface area contributed by atoms with Crippen LogP contribution in [-0.2, 0) is 6.18 Å². The summed E-state index contributed by atoms with van der Waals surface area (Å²) in [4.78, 5) is 20.3. The van der Waals surface area contributed by atoms with E-state index in [2.05, 4.69) is 20.4 Å². The normalized spacial score (nSPS) is 12.2. The fourth-order valence-corrected chi connectivity index (χ4v) is 2.30. The van der Waals surface area contributed by atoms with Crippen molar-refractivity contribution in [2.75, 3.05) is 6.61 Å². The van der Waals surface area contributed by atoms with E-state index in [4.69, 9.17) is 4.74 Å². The molecule has 10 heteroatoms. The molecule has 0 saturated carbocycles. The number of pyridine rings is 1. The first-order valence-electron chi connectivity index (χ1n) is 7.93. The maximum atomic E-state index is 12.5. The highest BCUT2D eigenvalue weighted by atomic mass is 19.4. The number of carbonyl (C=O) groups is 1. The van der Waals surface area contributed by atoms with Gasteiger partial charge in [0.15, 0.2) is 5.65 Å². The van der Waals surface area contributed by atoms with Crippen molar-refractivity contribution in [3.05, 3.63) is 54.1 Å². The van der Waals surface area contributed by atoms with E-state index in [1.54, 1.807) is 19.9 Å². The standard InChI is InChI=1S/C17H16F3N5O2/c1-16(2,10-27-14-4-3-11(9-22-14)17(18,19)20)24-15(26)12-5-7-21-13-6-8-23-25(12)13/h3-9H,10H2,1-2H3,(H,24,26). The van der Waals surface area contributed by atoms with Crippen LogP contribution in [-0.4, -0.2) is 37.6 Å². The predicted octanol–water partition coefficient (Wildman–Crippen LogP) is 2.73. The van der Waals surface area contributed by atoms with Crippen LogP contribution in [0.1, 0.15) is 29.9 Å². The predicted molar refractivity (Wildman–Crippen MR) is 89.3 cm³/mol. The van der Waals surface area contributed by atoms with Crippen LogP contribution in [0.3, 0.4) is 0 Å². The van der Waals surface area contributed by atoms with E-state index in [1.165, 1.54) is 23.0 Å². The molecule has 0 aliphatic carbocycles. The van der Waals surface area contributed by atoms with Crippen molar-refractivity contribution < 1.29 is 22.7 Å². The minimum absolute atomic E-state index is 0.00440. The Kier molecular flexibility index (Phi) is 4.73. The number of fused-ring (bicyclic) bond motifs is 1. The smallest absolute Gasteiger partial charge is 0.417 e. The molecule has 0 spiro atoms. The fourth-order valence-electron chi connectivity index (χ4n) is 2.30. The number of nitrogens with one attached hydrogen (secondary N) is 1. The molecular formula is C17H16F3N5O2. The van der Waals surface area contributed by atoms with Crippen molar-refractivity contribution in [2.24, 2.45) is 0 Å². The van der Waals surface area contributed by atoms with E-state index in [1.807, 2.05) is 0 Å². The molecule has 0 fully saturated rings. The van der Waals surface area contributed by atoms with Crippen molar-refractivity contribution in [3.63, 3.8) is 0 Å². The van der Waals surface area contributed by atoms with Gasteiger partial charge in [0.05, 0.1) is 17.3 Å². The van der Waals surface area contributed by atoms with Gasteiger partial charge in [0.2, 0.25) is 5.88 Å². The molecular weight excluding hydrogens is 363 g/mol. The first-order valence-corrected chi connectivity index (χ1v) is 7.93. The number of aromatic nitrogens is 4. The van der Waals surface area contributed by atoms with Crippen LogP contribution >= 0.6 is 0 Å². The zero-order valence-corrected chi connectivity index (χ0v) is 14.5. The Morgan fingerprint density at radius 1 is 1.15 bits per heavy atom. The van der Waals surface area contributed by atoms with Crippen LogP contribution in [0.25, 0.3) is 5.65 Å². The lowest BCUT2D eigenvalue weighted by atomic mass is 10.1. The molecule has 0 unspecified atom stereocenters. The van der Waals surface area contributed by atoms with Crippen LogP contribution in [0.4, 0.5) is 13.2 Å². The Labute approximate surface area is 152 Å². The third kappa shape index (κ3) is 4.33. The summed E-state index contributed by atoms with van der Waals surface area (Å²) in [7, 11) is 0. The number of hydrogen-bond donors (Lipinski definition) is 1. The summed E-state index contributed by atoms with van der Waals surface area (Å²) < 4.78 is 44.5. The van der Waals surface area contributed by atoms with Crippen molar-refractivity contribution >= 4 is 11.6 Å². The van der Waals surface area contributed by atoms with Crippen LogP contribution in [0.5, 0.6) is 5.88 Å². The molecule has 3 aromatic heterocycles. The average molecular weight is 379 g/mol. The minimum Gasteiger partial charge on any atom is -0.475 e. The van der Waals surface area contributed by atoms with Gasteiger partial charge in [0, 0.05) is 24.5 Å².